The van der Waals surface area contributed by atoms with Crippen LogP contribution in [0.5, 0.6) is 11.5 Å². The van der Waals surface area contributed by atoms with Gasteiger partial charge in [0, 0.05) is 36.3 Å². The molecule has 0 atom stereocenters. The van der Waals surface area contributed by atoms with Crippen molar-refractivity contribution in [2.75, 3.05) is 6.54 Å². The van der Waals surface area contributed by atoms with Crippen LogP contribution in [0, 0.1) is 25.2 Å². The first-order valence-electron chi connectivity index (χ1n) is 12.0. The van der Waals surface area contributed by atoms with Crippen molar-refractivity contribution in [3.05, 3.63) is 80.9 Å². The van der Waals surface area contributed by atoms with E-state index in [0.717, 1.165) is 11.1 Å². The van der Waals surface area contributed by atoms with Gasteiger partial charge < -0.3 is 24.7 Å². The second-order valence-corrected chi connectivity index (χ2v) is 9.71. The Morgan fingerprint density at radius 1 is 1.16 bits per heavy atom. The molecule has 1 amide bonds. The van der Waals surface area contributed by atoms with Crippen LogP contribution in [-0.4, -0.2) is 27.1 Å². The number of pyridine rings is 1. The quantitative estimate of drug-likeness (QED) is 0.353. The molecule has 2 aromatic heterocycles. The lowest BCUT2D eigenvalue weighted by molar-refractivity contribution is 0.0786. The summed E-state index contributed by atoms with van der Waals surface area (Å²) in [5.41, 5.74) is 3.30. The molecule has 3 N–H and O–H groups in total. The molecule has 8 heteroatoms. The van der Waals surface area contributed by atoms with E-state index in [1.807, 2.05) is 26.8 Å². The van der Waals surface area contributed by atoms with Crippen LogP contribution in [0.25, 0.3) is 22.0 Å². The van der Waals surface area contributed by atoms with Crippen LogP contribution in [0.1, 0.15) is 53.5 Å². The molecule has 0 saturated heterocycles. The zero-order valence-corrected chi connectivity index (χ0v) is 21.8. The Morgan fingerprint density at radius 3 is 2.43 bits per heavy atom. The minimum absolute atomic E-state index is 0.269. The maximum atomic E-state index is 13.0. The van der Waals surface area contributed by atoms with E-state index < -0.39 is 5.60 Å². The van der Waals surface area contributed by atoms with Crippen molar-refractivity contribution in [1.82, 2.24) is 14.9 Å². The lowest BCUT2D eigenvalue weighted by Crippen LogP contribution is -2.23. The van der Waals surface area contributed by atoms with E-state index in [1.165, 1.54) is 4.57 Å². The van der Waals surface area contributed by atoms with E-state index in [1.54, 1.807) is 57.4 Å². The number of aromatic amines is 1. The van der Waals surface area contributed by atoms with Crippen molar-refractivity contribution in [2.45, 2.75) is 40.2 Å². The second kappa shape index (κ2) is 9.60. The van der Waals surface area contributed by atoms with Crippen LogP contribution in [0.3, 0.4) is 0 Å². The average molecular weight is 499 g/mol. The Labute approximate surface area is 215 Å². The van der Waals surface area contributed by atoms with Crippen LogP contribution >= 0.6 is 0 Å². The van der Waals surface area contributed by atoms with Crippen LogP contribution < -0.4 is 15.6 Å². The number of nitrogens with one attached hydrogen (secondary N) is 2. The molecule has 0 aliphatic rings. The number of carbonyl (C=O) groups excluding carboxylic acids is 1. The Kier molecular flexibility index (Phi) is 6.68. The zero-order valence-electron chi connectivity index (χ0n) is 21.8. The van der Waals surface area contributed by atoms with Crippen molar-refractivity contribution in [3.8, 4) is 28.7 Å². The van der Waals surface area contributed by atoms with Gasteiger partial charge in [0.05, 0.1) is 17.2 Å². The molecule has 0 spiro atoms. The third-order valence-corrected chi connectivity index (χ3v) is 6.32. The number of hydrogen-bond donors (Lipinski definition) is 3. The smallest absolute Gasteiger partial charge is 0.274 e. The summed E-state index contributed by atoms with van der Waals surface area (Å²) in [4.78, 5) is 28.5. The van der Waals surface area contributed by atoms with Crippen LogP contribution in [0.15, 0.2) is 47.4 Å². The van der Waals surface area contributed by atoms with Crippen molar-refractivity contribution >= 4 is 16.8 Å². The summed E-state index contributed by atoms with van der Waals surface area (Å²) in [5, 5.41) is 23.4. The first-order valence-corrected chi connectivity index (χ1v) is 12.0. The number of carbonyl (C=O) groups is 1. The number of aryl methyl sites for hydroxylation is 3. The van der Waals surface area contributed by atoms with Crippen molar-refractivity contribution in [1.29, 1.82) is 5.26 Å². The van der Waals surface area contributed by atoms with Crippen LogP contribution in [0.2, 0.25) is 0 Å². The summed E-state index contributed by atoms with van der Waals surface area (Å²) >= 11 is 0. The van der Waals surface area contributed by atoms with E-state index in [-0.39, 0.29) is 17.2 Å². The van der Waals surface area contributed by atoms with Gasteiger partial charge in [-0.1, -0.05) is 6.07 Å². The highest BCUT2D eigenvalue weighted by Gasteiger charge is 2.23. The number of nitriles is 1. The molecule has 4 aromatic rings. The van der Waals surface area contributed by atoms with Gasteiger partial charge in [0.1, 0.15) is 22.7 Å². The predicted molar refractivity (Wildman–Crippen MR) is 143 cm³/mol. The maximum Gasteiger partial charge on any atom is 0.274 e. The standard InChI is InChI=1S/C29H30N4O4/c1-7-31-27(34)23-13-21-22(15-33(6)28(35)25(21)32-23)20-12-19(29(4,5)36)8-9-24(20)37-26-16(2)10-18(14-30)11-17(26)3/h8-13,15,32,36H,7H2,1-6H3,(H,31,34). The molecular formula is C29H30N4O4. The van der Waals surface area contributed by atoms with E-state index in [4.69, 9.17) is 4.74 Å². The van der Waals surface area contributed by atoms with Gasteiger partial charge in [-0.05, 0) is 81.6 Å². The number of amides is 1. The largest absolute Gasteiger partial charge is 0.456 e. The lowest BCUT2D eigenvalue weighted by Gasteiger charge is -2.22. The number of rotatable bonds is 6. The van der Waals surface area contributed by atoms with Gasteiger partial charge in [0.2, 0.25) is 0 Å². The molecule has 4 rings (SSSR count). The Balaban J connectivity index is 1.99. The first kappa shape index (κ1) is 25.7. The molecule has 0 bridgehead atoms. The molecule has 0 radical (unpaired) electrons. The van der Waals surface area contributed by atoms with Gasteiger partial charge in [0.25, 0.3) is 11.5 Å². The number of fused-ring (bicyclic) bond motifs is 1. The molecule has 0 fully saturated rings. The van der Waals surface area contributed by atoms with Gasteiger partial charge in [-0.15, -0.1) is 0 Å². The highest BCUT2D eigenvalue weighted by atomic mass is 16.5. The van der Waals surface area contributed by atoms with E-state index in [2.05, 4.69) is 16.4 Å². The van der Waals surface area contributed by atoms with Gasteiger partial charge in [-0.2, -0.15) is 5.26 Å². The molecule has 2 aromatic carbocycles. The van der Waals surface area contributed by atoms with E-state index in [9.17, 15) is 20.0 Å². The molecule has 0 aliphatic heterocycles. The minimum Gasteiger partial charge on any atom is -0.456 e. The molecule has 2 heterocycles. The minimum atomic E-state index is -1.13. The van der Waals surface area contributed by atoms with E-state index >= 15 is 0 Å². The average Bonchev–Trinajstić information content (AvgIpc) is 3.29. The molecule has 0 saturated carbocycles. The number of ether oxygens (including phenoxy) is 1. The Morgan fingerprint density at radius 2 is 1.84 bits per heavy atom. The number of hydrogen-bond acceptors (Lipinski definition) is 5. The third-order valence-electron chi connectivity index (χ3n) is 6.32. The van der Waals surface area contributed by atoms with Crippen LogP contribution in [-0.2, 0) is 12.6 Å². The fourth-order valence-corrected chi connectivity index (χ4v) is 4.42. The summed E-state index contributed by atoms with van der Waals surface area (Å²) in [6.07, 6.45) is 1.70. The Hall–Kier alpha value is -4.35. The fraction of sp³-hybridized carbons (Fsp3) is 0.276. The maximum absolute atomic E-state index is 13.0. The number of benzene rings is 2. The molecule has 190 valence electrons. The SMILES string of the molecule is CCNC(=O)c1cc2c(-c3cc(C(C)(C)O)ccc3Oc3c(C)cc(C#N)cc3C)cn(C)c(=O)c2[nH]1. The summed E-state index contributed by atoms with van der Waals surface area (Å²) in [5.74, 6) is 0.816. The lowest BCUT2D eigenvalue weighted by atomic mass is 9.93. The molecule has 0 unspecified atom stereocenters. The summed E-state index contributed by atoms with van der Waals surface area (Å²) < 4.78 is 7.89. The third kappa shape index (κ3) is 4.86. The highest BCUT2D eigenvalue weighted by molar-refractivity contribution is 6.03. The normalized spacial score (nSPS) is 11.4. The van der Waals surface area contributed by atoms with Gasteiger partial charge in [0.15, 0.2) is 0 Å². The number of aliphatic hydroxyl groups is 1. The van der Waals surface area contributed by atoms with Gasteiger partial charge in [-0.25, -0.2) is 0 Å². The van der Waals surface area contributed by atoms with E-state index in [0.29, 0.717) is 51.2 Å². The fourth-order valence-electron chi connectivity index (χ4n) is 4.42. The van der Waals surface area contributed by atoms with Gasteiger partial charge >= 0.3 is 0 Å². The molecule has 8 nitrogen and oxygen atoms in total. The van der Waals surface area contributed by atoms with Gasteiger partial charge in [-0.3, -0.25) is 9.59 Å². The molecule has 37 heavy (non-hydrogen) atoms. The summed E-state index contributed by atoms with van der Waals surface area (Å²) in [7, 11) is 1.65. The number of aromatic nitrogens is 2. The van der Waals surface area contributed by atoms with Crippen molar-refractivity contribution < 1.29 is 14.6 Å². The second-order valence-electron chi connectivity index (χ2n) is 9.71. The van der Waals surface area contributed by atoms with Crippen molar-refractivity contribution in [3.63, 3.8) is 0 Å². The Bertz CT molecular complexity index is 1610. The first-order chi connectivity index (χ1) is 17.4. The molecular weight excluding hydrogens is 468 g/mol. The van der Waals surface area contributed by atoms with Crippen LogP contribution in [0.4, 0.5) is 0 Å². The predicted octanol–water partition coefficient (Wildman–Crippen LogP) is 4.79. The topological polar surface area (TPSA) is 120 Å². The highest BCUT2D eigenvalue weighted by Crippen LogP contribution is 2.40. The number of nitrogens with zero attached hydrogens (tertiary/aromatic N) is 2. The summed E-state index contributed by atoms with van der Waals surface area (Å²) in [6, 6.07) is 12.8. The molecule has 0 aliphatic carbocycles. The number of H-pyrrole nitrogens is 1. The zero-order chi connectivity index (χ0) is 27.1. The summed E-state index contributed by atoms with van der Waals surface area (Å²) in [6.45, 7) is 9.42. The monoisotopic (exact) mass is 498 g/mol. The van der Waals surface area contributed by atoms with Crippen molar-refractivity contribution in [2.24, 2.45) is 7.05 Å².